The summed E-state index contributed by atoms with van der Waals surface area (Å²) in [5, 5.41) is 0.458. The fourth-order valence-corrected chi connectivity index (χ4v) is 3.76. The fraction of sp³-hybridized carbons (Fsp3) is 0.172. The highest BCUT2D eigenvalue weighted by molar-refractivity contribution is 5.84. The molecule has 0 heterocycles. The quantitative estimate of drug-likeness (QED) is 0.196. The number of rotatable bonds is 6. The number of aryl methyl sites for hydroxylation is 1. The molecule has 4 aromatic carbocycles. The Labute approximate surface area is 204 Å². The summed E-state index contributed by atoms with van der Waals surface area (Å²) in [6.45, 7) is 2.19. The largest absolute Gasteiger partial charge is 0.493 e. The average Bonchev–Trinajstić information content (AvgIpc) is 2.84. The third-order valence-corrected chi connectivity index (χ3v) is 5.59. The van der Waals surface area contributed by atoms with Crippen LogP contribution in [-0.4, -0.2) is 6.61 Å². The van der Waals surface area contributed by atoms with Crippen molar-refractivity contribution in [2.45, 2.75) is 26.2 Å². The summed E-state index contributed by atoms with van der Waals surface area (Å²) < 4.78 is 90.4. The maximum absolute atomic E-state index is 14.6. The zero-order chi connectivity index (χ0) is 25.8. The monoisotopic (exact) mass is 498 g/mol. The lowest BCUT2D eigenvalue weighted by Gasteiger charge is -2.10. The van der Waals surface area contributed by atoms with E-state index in [4.69, 9.17) is 4.74 Å². The SMILES string of the molecule is CCCOc1cc(F)c(CCc2cc(F)c(C#Cc3ccc4c(F)c(F)ccc4c3)c(F)c2)c(F)c1. The smallest absolute Gasteiger partial charge is 0.166 e. The highest BCUT2D eigenvalue weighted by Gasteiger charge is 2.15. The van der Waals surface area contributed by atoms with Gasteiger partial charge in [-0.1, -0.05) is 30.9 Å². The van der Waals surface area contributed by atoms with Crippen molar-refractivity contribution in [1.82, 2.24) is 0 Å². The predicted octanol–water partition coefficient (Wildman–Crippen LogP) is 7.65. The van der Waals surface area contributed by atoms with E-state index in [1.165, 1.54) is 24.3 Å². The summed E-state index contributed by atoms with van der Waals surface area (Å²) in [5.74, 6) is -0.249. The summed E-state index contributed by atoms with van der Waals surface area (Å²) >= 11 is 0. The van der Waals surface area contributed by atoms with E-state index in [0.29, 0.717) is 24.0 Å². The molecule has 0 atom stereocenters. The van der Waals surface area contributed by atoms with Crippen molar-refractivity contribution in [3.8, 4) is 17.6 Å². The van der Waals surface area contributed by atoms with E-state index in [2.05, 4.69) is 11.8 Å². The van der Waals surface area contributed by atoms with Crippen molar-refractivity contribution in [3.05, 3.63) is 112 Å². The minimum absolute atomic E-state index is 0.00263. The zero-order valence-electron chi connectivity index (χ0n) is 19.2. The van der Waals surface area contributed by atoms with Crippen LogP contribution >= 0.6 is 0 Å². The van der Waals surface area contributed by atoms with E-state index >= 15 is 0 Å². The third-order valence-electron chi connectivity index (χ3n) is 5.59. The van der Waals surface area contributed by atoms with E-state index in [9.17, 15) is 26.3 Å². The van der Waals surface area contributed by atoms with Crippen LogP contribution in [0.15, 0.2) is 54.6 Å². The first-order chi connectivity index (χ1) is 17.3. The molecule has 0 N–H and O–H groups in total. The van der Waals surface area contributed by atoms with Gasteiger partial charge in [-0.2, -0.15) is 0 Å². The number of halogens is 6. The molecule has 0 radical (unpaired) electrons. The van der Waals surface area contributed by atoms with E-state index in [0.717, 1.165) is 30.3 Å². The second-order valence-corrected chi connectivity index (χ2v) is 8.20. The van der Waals surface area contributed by atoms with Gasteiger partial charge in [0.15, 0.2) is 11.6 Å². The molecule has 0 saturated carbocycles. The molecule has 0 spiro atoms. The molecule has 0 aliphatic carbocycles. The number of ether oxygens (including phenoxy) is 1. The van der Waals surface area contributed by atoms with Crippen LogP contribution in [0.3, 0.4) is 0 Å². The molecule has 4 aromatic rings. The molecular weight excluding hydrogens is 478 g/mol. The van der Waals surface area contributed by atoms with Crippen molar-refractivity contribution in [3.63, 3.8) is 0 Å². The summed E-state index contributed by atoms with van der Waals surface area (Å²) in [6.07, 6.45) is 0.577. The van der Waals surface area contributed by atoms with Crippen LogP contribution in [0.25, 0.3) is 10.8 Å². The van der Waals surface area contributed by atoms with Crippen LogP contribution in [0.2, 0.25) is 0 Å². The van der Waals surface area contributed by atoms with E-state index < -0.39 is 40.5 Å². The molecule has 0 fully saturated rings. The van der Waals surface area contributed by atoms with E-state index in [1.807, 2.05) is 6.92 Å². The highest BCUT2D eigenvalue weighted by atomic mass is 19.2. The lowest BCUT2D eigenvalue weighted by Crippen LogP contribution is -2.03. The van der Waals surface area contributed by atoms with Crippen molar-refractivity contribution in [2.75, 3.05) is 6.61 Å². The molecule has 7 heteroatoms. The number of hydrogen-bond donors (Lipinski definition) is 0. The van der Waals surface area contributed by atoms with E-state index in [1.54, 1.807) is 0 Å². The Kier molecular flexibility index (Phi) is 7.54. The Bertz CT molecular complexity index is 1450. The third kappa shape index (κ3) is 5.49. The Morgan fingerprint density at radius 3 is 2.06 bits per heavy atom. The number of hydrogen-bond acceptors (Lipinski definition) is 1. The molecule has 0 aliphatic heterocycles. The first kappa shape index (κ1) is 25.2. The summed E-state index contributed by atoms with van der Waals surface area (Å²) in [4.78, 5) is 0. The molecule has 0 amide bonds. The van der Waals surface area contributed by atoms with Gasteiger partial charge in [-0.05, 0) is 60.5 Å². The number of benzene rings is 4. The van der Waals surface area contributed by atoms with E-state index in [-0.39, 0.29) is 35.1 Å². The Hall–Kier alpha value is -3.92. The lowest BCUT2D eigenvalue weighted by atomic mass is 10.0. The van der Waals surface area contributed by atoms with Gasteiger partial charge in [0, 0.05) is 28.6 Å². The second kappa shape index (κ2) is 10.8. The van der Waals surface area contributed by atoms with Gasteiger partial charge in [0.2, 0.25) is 0 Å². The van der Waals surface area contributed by atoms with Crippen LogP contribution in [0, 0.1) is 46.7 Å². The second-order valence-electron chi connectivity index (χ2n) is 8.20. The molecule has 1 nitrogen and oxygen atoms in total. The van der Waals surface area contributed by atoms with Crippen molar-refractivity contribution in [2.24, 2.45) is 0 Å². The number of fused-ring (bicyclic) bond motifs is 1. The lowest BCUT2D eigenvalue weighted by molar-refractivity contribution is 0.313. The van der Waals surface area contributed by atoms with Gasteiger partial charge in [-0.25, -0.2) is 26.3 Å². The molecular formula is C29H20F6O. The average molecular weight is 498 g/mol. The van der Waals surface area contributed by atoms with Crippen LogP contribution in [-0.2, 0) is 12.8 Å². The van der Waals surface area contributed by atoms with Crippen molar-refractivity contribution in [1.29, 1.82) is 0 Å². The first-order valence-electron chi connectivity index (χ1n) is 11.2. The highest BCUT2D eigenvalue weighted by Crippen LogP contribution is 2.24. The molecule has 0 unspecified atom stereocenters. The van der Waals surface area contributed by atoms with Gasteiger partial charge in [0.05, 0.1) is 12.2 Å². The minimum atomic E-state index is -0.986. The Morgan fingerprint density at radius 2 is 1.39 bits per heavy atom. The molecule has 184 valence electrons. The standard InChI is InChI=1S/C29H20F6O/c1-2-11-36-20-15-27(33)23(28(34)16-20)9-5-18-13-25(31)22(26(32)14-18)8-4-17-3-7-21-19(12-17)6-10-24(30)29(21)35/h3,6-7,10,12-16H,2,5,9,11H2,1H3. The van der Waals surface area contributed by atoms with Crippen molar-refractivity contribution < 1.29 is 31.1 Å². The molecule has 0 saturated heterocycles. The Morgan fingerprint density at radius 1 is 0.694 bits per heavy atom. The zero-order valence-corrected chi connectivity index (χ0v) is 19.2. The van der Waals surface area contributed by atoms with Crippen LogP contribution in [0.5, 0.6) is 5.75 Å². The van der Waals surface area contributed by atoms with Gasteiger partial charge < -0.3 is 4.74 Å². The summed E-state index contributed by atoms with van der Waals surface area (Å²) in [5.41, 5.74) is -0.104. The van der Waals surface area contributed by atoms with Gasteiger partial charge in [-0.15, -0.1) is 0 Å². The molecule has 0 bridgehead atoms. The van der Waals surface area contributed by atoms with Crippen LogP contribution in [0.4, 0.5) is 26.3 Å². The van der Waals surface area contributed by atoms with Crippen molar-refractivity contribution >= 4 is 10.8 Å². The summed E-state index contributed by atoms with van der Waals surface area (Å²) in [7, 11) is 0. The summed E-state index contributed by atoms with van der Waals surface area (Å²) in [6, 6.07) is 10.9. The molecule has 36 heavy (non-hydrogen) atoms. The Balaban J connectivity index is 1.52. The van der Waals surface area contributed by atoms with Crippen LogP contribution in [0.1, 0.15) is 35.6 Å². The van der Waals surface area contributed by atoms with Gasteiger partial charge in [0.1, 0.15) is 29.0 Å². The predicted molar refractivity (Wildman–Crippen MR) is 126 cm³/mol. The molecule has 0 aliphatic rings. The molecule has 4 rings (SSSR count). The van der Waals surface area contributed by atoms with Gasteiger partial charge >= 0.3 is 0 Å². The topological polar surface area (TPSA) is 9.23 Å². The first-order valence-corrected chi connectivity index (χ1v) is 11.2. The van der Waals surface area contributed by atoms with Crippen LogP contribution < -0.4 is 4.74 Å². The van der Waals surface area contributed by atoms with Gasteiger partial charge in [0.25, 0.3) is 0 Å². The maximum Gasteiger partial charge on any atom is 0.166 e. The minimum Gasteiger partial charge on any atom is -0.493 e. The normalized spacial score (nSPS) is 10.9. The maximum atomic E-state index is 14.6. The fourth-order valence-electron chi connectivity index (χ4n) is 3.76. The van der Waals surface area contributed by atoms with Gasteiger partial charge in [-0.3, -0.25) is 0 Å². The molecule has 0 aromatic heterocycles.